The predicted molar refractivity (Wildman–Crippen MR) is 91.1 cm³/mol. The van der Waals surface area contributed by atoms with Crippen LogP contribution in [0.5, 0.6) is 0 Å². The molecule has 0 saturated heterocycles. The van der Waals surface area contributed by atoms with Gasteiger partial charge in [-0.2, -0.15) is 0 Å². The lowest BCUT2D eigenvalue weighted by Crippen LogP contribution is -1.91. The van der Waals surface area contributed by atoms with Crippen molar-refractivity contribution in [1.29, 1.82) is 0 Å². The highest BCUT2D eigenvalue weighted by atomic mass is 79.9. The van der Waals surface area contributed by atoms with Crippen LogP contribution >= 0.6 is 27.7 Å². The van der Waals surface area contributed by atoms with E-state index < -0.39 is 0 Å². The summed E-state index contributed by atoms with van der Waals surface area (Å²) in [6, 6.07) is 18.5. The molecule has 22 heavy (non-hydrogen) atoms. The van der Waals surface area contributed by atoms with Gasteiger partial charge in [0.15, 0.2) is 0 Å². The van der Waals surface area contributed by atoms with Crippen LogP contribution in [0.25, 0.3) is 11.3 Å². The van der Waals surface area contributed by atoms with Crippen LogP contribution < -0.4 is 0 Å². The molecule has 2 nitrogen and oxygen atoms in total. The third kappa shape index (κ3) is 3.72. The zero-order chi connectivity index (χ0) is 15.4. The van der Waals surface area contributed by atoms with Crippen LogP contribution in [0.2, 0.25) is 0 Å². The van der Waals surface area contributed by atoms with E-state index in [-0.39, 0.29) is 5.82 Å². The Morgan fingerprint density at radius 3 is 2.36 bits per heavy atom. The highest BCUT2D eigenvalue weighted by Crippen LogP contribution is 2.24. The lowest BCUT2D eigenvalue weighted by Gasteiger charge is -2.04. The molecule has 0 saturated carbocycles. The van der Waals surface area contributed by atoms with E-state index in [1.165, 1.54) is 17.8 Å². The van der Waals surface area contributed by atoms with E-state index >= 15 is 0 Å². The molecule has 0 amide bonds. The molecule has 0 aliphatic heterocycles. The molecular weight excluding hydrogens is 363 g/mol. The normalized spacial score (nSPS) is 10.6. The van der Waals surface area contributed by atoms with Crippen molar-refractivity contribution in [3.63, 3.8) is 0 Å². The molecule has 0 aliphatic carbocycles. The van der Waals surface area contributed by atoms with Crippen molar-refractivity contribution in [1.82, 2.24) is 10.2 Å². The summed E-state index contributed by atoms with van der Waals surface area (Å²) in [6.07, 6.45) is 0. The molecule has 3 rings (SSSR count). The Kier molecular flexibility index (Phi) is 4.85. The maximum atomic E-state index is 13.6. The fourth-order valence-electron chi connectivity index (χ4n) is 1.94. The minimum absolute atomic E-state index is 0.186. The van der Waals surface area contributed by atoms with E-state index in [2.05, 4.69) is 26.1 Å². The summed E-state index contributed by atoms with van der Waals surface area (Å²) in [5.74, 6) is 0.355. The second-order valence-corrected chi connectivity index (χ2v) is 6.56. The van der Waals surface area contributed by atoms with Crippen LogP contribution in [0.1, 0.15) is 5.56 Å². The summed E-state index contributed by atoms with van der Waals surface area (Å²) in [5, 5.41) is 9.22. The fourth-order valence-corrected chi connectivity index (χ4v) is 3.00. The minimum atomic E-state index is -0.186. The van der Waals surface area contributed by atoms with Crippen LogP contribution in [0.3, 0.4) is 0 Å². The summed E-state index contributed by atoms with van der Waals surface area (Å²) < 4.78 is 14.6. The van der Waals surface area contributed by atoms with E-state index in [1.807, 2.05) is 42.5 Å². The van der Waals surface area contributed by atoms with E-state index in [4.69, 9.17) is 0 Å². The summed E-state index contributed by atoms with van der Waals surface area (Å²) in [4.78, 5) is 0. The molecule has 2 aromatic carbocycles. The average Bonchev–Trinajstić information content (AvgIpc) is 2.55. The van der Waals surface area contributed by atoms with Gasteiger partial charge in [-0.1, -0.05) is 58.0 Å². The Morgan fingerprint density at radius 1 is 0.909 bits per heavy atom. The van der Waals surface area contributed by atoms with Gasteiger partial charge in [0.1, 0.15) is 10.8 Å². The number of benzene rings is 2. The van der Waals surface area contributed by atoms with Crippen LogP contribution in [0.4, 0.5) is 4.39 Å². The number of aromatic nitrogens is 2. The van der Waals surface area contributed by atoms with Crippen molar-refractivity contribution < 1.29 is 4.39 Å². The standard InChI is InChI=1S/C17H12BrFN2S/c18-14-7-5-12(6-8-14)16-9-10-17(21-20-16)22-11-13-3-1-2-4-15(13)19/h1-10H,11H2. The molecule has 0 N–H and O–H groups in total. The van der Waals surface area contributed by atoms with Gasteiger partial charge >= 0.3 is 0 Å². The van der Waals surface area contributed by atoms with E-state index in [0.717, 1.165) is 20.8 Å². The van der Waals surface area contributed by atoms with Gasteiger partial charge in [-0.05, 0) is 35.9 Å². The second kappa shape index (κ2) is 7.03. The SMILES string of the molecule is Fc1ccccc1CSc1ccc(-c2ccc(Br)cc2)nn1. The summed E-state index contributed by atoms with van der Waals surface area (Å²) in [5.41, 5.74) is 2.51. The van der Waals surface area contributed by atoms with E-state index in [9.17, 15) is 4.39 Å². The quantitative estimate of drug-likeness (QED) is 0.576. The van der Waals surface area contributed by atoms with Crippen LogP contribution in [-0.2, 0) is 5.75 Å². The maximum absolute atomic E-state index is 13.6. The lowest BCUT2D eigenvalue weighted by molar-refractivity contribution is 0.617. The first-order valence-corrected chi connectivity index (χ1v) is 8.46. The molecule has 0 radical (unpaired) electrons. The van der Waals surface area contributed by atoms with Crippen molar-refractivity contribution in [3.05, 3.63) is 76.5 Å². The first kappa shape index (κ1) is 15.2. The first-order valence-electron chi connectivity index (χ1n) is 6.68. The highest BCUT2D eigenvalue weighted by Gasteiger charge is 2.05. The molecule has 1 aromatic heterocycles. The molecule has 110 valence electrons. The topological polar surface area (TPSA) is 25.8 Å². The molecule has 0 fully saturated rings. The monoisotopic (exact) mass is 374 g/mol. The molecule has 0 aliphatic rings. The number of thioether (sulfide) groups is 1. The molecule has 0 atom stereocenters. The van der Waals surface area contributed by atoms with Gasteiger partial charge in [-0.25, -0.2) is 4.39 Å². The Hall–Kier alpha value is -1.72. The smallest absolute Gasteiger partial charge is 0.127 e. The van der Waals surface area contributed by atoms with Gasteiger partial charge in [-0.15, -0.1) is 10.2 Å². The molecule has 1 heterocycles. The molecule has 3 aromatic rings. The average molecular weight is 375 g/mol. The molecule has 0 unspecified atom stereocenters. The van der Waals surface area contributed by atoms with Gasteiger partial charge in [-0.3, -0.25) is 0 Å². The number of hydrogen-bond acceptors (Lipinski definition) is 3. The number of rotatable bonds is 4. The third-order valence-corrected chi connectivity index (χ3v) is 4.61. The van der Waals surface area contributed by atoms with Crippen molar-refractivity contribution in [2.45, 2.75) is 10.8 Å². The van der Waals surface area contributed by atoms with Crippen molar-refractivity contribution in [3.8, 4) is 11.3 Å². The van der Waals surface area contributed by atoms with Gasteiger partial charge in [0, 0.05) is 15.8 Å². The van der Waals surface area contributed by atoms with Crippen molar-refractivity contribution in [2.24, 2.45) is 0 Å². The van der Waals surface area contributed by atoms with Gasteiger partial charge in [0.2, 0.25) is 0 Å². The first-order chi connectivity index (χ1) is 10.7. The van der Waals surface area contributed by atoms with E-state index in [0.29, 0.717) is 11.3 Å². The van der Waals surface area contributed by atoms with Crippen molar-refractivity contribution >= 4 is 27.7 Å². The maximum Gasteiger partial charge on any atom is 0.127 e. The summed E-state index contributed by atoms with van der Waals surface area (Å²) in [7, 11) is 0. The molecule has 0 bridgehead atoms. The highest BCUT2D eigenvalue weighted by molar-refractivity contribution is 9.10. The Balaban J connectivity index is 1.69. The predicted octanol–water partition coefficient (Wildman–Crippen LogP) is 5.34. The largest absolute Gasteiger partial charge is 0.207 e. The minimum Gasteiger partial charge on any atom is -0.207 e. The lowest BCUT2D eigenvalue weighted by atomic mass is 10.1. The Morgan fingerprint density at radius 2 is 1.68 bits per heavy atom. The van der Waals surface area contributed by atoms with Gasteiger partial charge in [0.25, 0.3) is 0 Å². The third-order valence-electron chi connectivity index (χ3n) is 3.11. The number of halogens is 2. The molecular formula is C17H12BrFN2S. The molecule has 0 spiro atoms. The Labute approximate surface area is 140 Å². The molecule has 5 heteroatoms. The zero-order valence-electron chi connectivity index (χ0n) is 11.5. The van der Waals surface area contributed by atoms with Gasteiger partial charge in [0.05, 0.1) is 5.69 Å². The van der Waals surface area contributed by atoms with E-state index in [1.54, 1.807) is 12.1 Å². The number of nitrogens with zero attached hydrogens (tertiary/aromatic N) is 2. The zero-order valence-corrected chi connectivity index (χ0v) is 13.9. The van der Waals surface area contributed by atoms with Gasteiger partial charge < -0.3 is 0 Å². The second-order valence-electron chi connectivity index (χ2n) is 4.64. The summed E-state index contributed by atoms with van der Waals surface area (Å²) in [6.45, 7) is 0. The van der Waals surface area contributed by atoms with Crippen LogP contribution in [-0.4, -0.2) is 10.2 Å². The Bertz CT molecular complexity index is 760. The van der Waals surface area contributed by atoms with Crippen LogP contribution in [0.15, 0.2) is 70.2 Å². The van der Waals surface area contributed by atoms with Crippen LogP contribution in [0, 0.1) is 5.82 Å². The summed E-state index contributed by atoms with van der Waals surface area (Å²) >= 11 is 4.88. The number of hydrogen-bond donors (Lipinski definition) is 0. The fraction of sp³-hybridized carbons (Fsp3) is 0.0588. The van der Waals surface area contributed by atoms with Crippen molar-refractivity contribution in [2.75, 3.05) is 0 Å².